The Labute approximate surface area is 87.1 Å². The first kappa shape index (κ1) is 10.6. The van der Waals surface area contributed by atoms with Gasteiger partial charge in [0, 0.05) is 11.8 Å². The topological polar surface area (TPSA) is 61.4 Å². The zero-order chi connectivity index (χ0) is 10.4. The van der Waals surface area contributed by atoms with E-state index in [9.17, 15) is 4.79 Å². The van der Waals surface area contributed by atoms with Gasteiger partial charge in [-0.15, -0.1) is 0 Å². The lowest BCUT2D eigenvalue weighted by molar-refractivity contribution is -0.124. The highest BCUT2D eigenvalue weighted by atomic mass is 32.1. The number of amides is 1. The number of carbonyl (C=O) groups is 1. The third-order valence-electron chi connectivity index (χ3n) is 1.58. The normalized spacial score (nSPS) is 10.1. The van der Waals surface area contributed by atoms with Gasteiger partial charge < -0.3 is 4.72 Å². The van der Waals surface area contributed by atoms with Crippen LogP contribution in [0.5, 0.6) is 0 Å². The minimum Gasteiger partial charge on any atom is -0.332 e. The lowest BCUT2D eigenvalue weighted by Crippen LogP contribution is -2.14. The van der Waals surface area contributed by atoms with Crippen LogP contribution in [-0.2, 0) is 4.79 Å². The van der Waals surface area contributed by atoms with E-state index in [4.69, 9.17) is 5.21 Å². The average molecular weight is 210 g/mol. The molecule has 74 valence electrons. The van der Waals surface area contributed by atoms with Crippen molar-refractivity contribution in [1.82, 2.24) is 5.48 Å². The molecule has 0 aliphatic heterocycles. The van der Waals surface area contributed by atoms with Crippen molar-refractivity contribution < 1.29 is 10.0 Å². The Morgan fingerprint density at radius 2 is 2.00 bits per heavy atom. The Morgan fingerprint density at radius 3 is 2.50 bits per heavy atom. The first-order valence-electron chi connectivity index (χ1n) is 3.88. The van der Waals surface area contributed by atoms with Gasteiger partial charge in [0.05, 0.1) is 0 Å². The fraction of sp³-hybridized carbons (Fsp3) is 0. The highest BCUT2D eigenvalue weighted by Crippen LogP contribution is 2.10. The molecular weight excluding hydrogens is 200 g/mol. The third kappa shape index (κ3) is 3.12. The third-order valence-corrected chi connectivity index (χ3v) is 1.84. The highest BCUT2D eigenvalue weighted by molar-refractivity contribution is 7.81. The summed E-state index contributed by atoms with van der Waals surface area (Å²) in [6, 6.07) is 7.28. The number of benzene rings is 1. The van der Waals surface area contributed by atoms with Crippen molar-refractivity contribution in [3.05, 3.63) is 35.9 Å². The SMILES string of the molecule is O=C(/C=C/c1ccc(NS)cc1)NO. The van der Waals surface area contributed by atoms with Crippen molar-refractivity contribution in [1.29, 1.82) is 0 Å². The summed E-state index contributed by atoms with van der Waals surface area (Å²) in [7, 11) is 0. The molecule has 0 radical (unpaired) electrons. The zero-order valence-corrected chi connectivity index (χ0v) is 8.16. The number of nitrogens with one attached hydrogen (secondary N) is 2. The summed E-state index contributed by atoms with van der Waals surface area (Å²) in [6.07, 6.45) is 2.83. The van der Waals surface area contributed by atoms with E-state index in [1.165, 1.54) is 11.6 Å². The molecule has 1 aromatic rings. The number of carbonyl (C=O) groups excluding carboxylic acids is 1. The molecule has 0 aliphatic rings. The first-order valence-corrected chi connectivity index (χ1v) is 4.33. The number of hydroxylamine groups is 1. The fourth-order valence-corrected chi connectivity index (χ4v) is 1.03. The van der Waals surface area contributed by atoms with Crippen molar-refractivity contribution in [3.8, 4) is 0 Å². The molecule has 5 heteroatoms. The molecule has 1 rings (SSSR count). The number of hydrogen-bond donors (Lipinski definition) is 4. The van der Waals surface area contributed by atoms with Gasteiger partial charge in [0.25, 0.3) is 5.91 Å². The Kier molecular flexibility index (Phi) is 4.03. The summed E-state index contributed by atoms with van der Waals surface area (Å²) in [5.41, 5.74) is 3.24. The van der Waals surface area contributed by atoms with Crippen LogP contribution in [0.25, 0.3) is 6.08 Å². The highest BCUT2D eigenvalue weighted by Gasteiger charge is 1.91. The molecule has 0 bridgehead atoms. The van der Waals surface area contributed by atoms with Gasteiger partial charge in [-0.1, -0.05) is 24.9 Å². The predicted octanol–water partition coefficient (Wildman–Crippen LogP) is 1.46. The molecule has 1 aromatic carbocycles. The van der Waals surface area contributed by atoms with Gasteiger partial charge in [0.15, 0.2) is 0 Å². The number of hydrogen-bond acceptors (Lipinski definition) is 4. The van der Waals surface area contributed by atoms with E-state index in [0.29, 0.717) is 0 Å². The van der Waals surface area contributed by atoms with Crippen LogP contribution in [0.15, 0.2) is 30.3 Å². The molecule has 0 aliphatic carbocycles. The van der Waals surface area contributed by atoms with Crippen LogP contribution in [0.3, 0.4) is 0 Å². The van der Waals surface area contributed by atoms with Gasteiger partial charge in [0.2, 0.25) is 0 Å². The summed E-state index contributed by atoms with van der Waals surface area (Å²) < 4.78 is 2.68. The number of rotatable bonds is 3. The maximum atomic E-state index is 10.6. The molecule has 0 saturated carbocycles. The second kappa shape index (κ2) is 5.31. The van der Waals surface area contributed by atoms with Crippen LogP contribution < -0.4 is 10.2 Å². The summed E-state index contributed by atoms with van der Waals surface area (Å²) >= 11 is 3.88. The summed E-state index contributed by atoms with van der Waals surface area (Å²) in [6.45, 7) is 0. The monoisotopic (exact) mass is 210 g/mol. The van der Waals surface area contributed by atoms with Gasteiger partial charge in [-0.05, 0) is 23.8 Å². The van der Waals surface area contributed by atoms with Crippen molar-refractivity contribution >= 4 is 30.5 Å². The van der Waals surface area contributed by atoms with E-state index in [1.54, 1.807) is 6.08 Å². The van der Waals surface area contributed by atoms with E-state index in [2.05, 4.69) is 17.5 Å². The summed E-state index contributed by atoms with van der Waals surface area (Å²) in [4.78, 5) is 10.6. The lowest BCUT2D eigenvalue weighted by Gasteiger charge is -1.98. The van der Waals surface area contributed by atoms with E-state index in [-0.39, 0.29) is 0 Å². The molecular formula is C9H10N2O2S. The molecule has 3 N–H and O–H groups in total. The van der Waals surface area contributed by atoms with Gasteiger partial charge >= 0.3 is 0 Å². The smallest absolute Gasteiger partial charge is 0.267 e. The van der Waals surface area contributed by atoms with Crippen LogP contribution in [0.2, 0.25) is 0 Å². The van der Waals surface area contributed by atoms with Crippen molar-refractivity contribution in [2.45, 2.75) is 0 Å². The maximum absolute atomic E-state index is 10.6. The van der Waals surface area contributed by atoms with Crippen LogP contribution >= 0.6 is 12.8 Å². The van der Waals surface area contributed by atoms with E-state index in [0.717, 1.165) is 11.3 Å². The van der Waals surface area contributed by atoms with E-state index >= 15 is 0 Å². The van der Waals surface area contributed by atoms with Crippen molar-refractivity contribution in [2.75, 3.05) is 4.72 Å². The van der Waals surface area contributed by atoms with Crippen LogP contribution in [-0.4, -0.2) is 11.1 Å². The standard InChI is InChI=1S/C9H10N2O2S/c12-9(10-13)6-3-7-1-4-8(11-14)5-2-7/h1-6,11,13-14H,(H,10,12)/b6-3+. The quantitative estimate of drug-likeness (QED) is 0.264. The first-order chi connectivity index (χ1) is 6.76. The lowest BCUT2D eigenvalue weighted by atomic mass is 10.2. The molecule has 0 unspecified atom stereocenters. The molecule has 0 heterocycles. The molecule has 0 atom stereocenters. The second-order valence-electron chi connectivity index (χ2n) is 2.54. The molecule has 14 heavy (non-hydrogen) atoms. The summed E-state index contributed by atoms with van der Waals surface area (Å²) in [5, 5.41) is 8.22. The minimum absolute atomic E-state index is 0.554. The van der Waals surface area contributed by atoms with E-state index in [1.807, 2.05) is 24.3 Å². The van der Waals surface area contributed by atoms with E-state index < -0.39 is 5.91 Å². The fourth-order valence-electron chi connectivity index (χ4n) is 0.878. The Morgan fingerprint density at radius 1 is 1.36 bits per heavy atom. The Bertz CT molecular complexity index is 335. The second-order valence-corrected chi connectivity index (χ2v) is 2.77. The van der Waals surface area contributed by atoms with Gasteiger partial charge in [-0.2, -0.15) is 0 Å². The maximum Gasteiger partial charge on any atom is 0.267 e. The van der Waals surface area contributed by atoms with Gasteiger partial charge in [0.1, 0.15) is 0 Å². The van der Waals surface area contributed by atoms with Gasteiger partial charge in [-0.25, -0.2) is 5.48 Å². The predicted molar refractivity (Wildman–Crippen MR) is 58.0 cm³/mol. The van der Waals surface area contributed by atoms with Gasteiger partial charge in [-0.3, -0.25) is 10.0 Å². The molecule has 1 amide bonds. The number of thiol groups is 1. The summed E-state index contributed by atoms with van der Waals surface area (Å²) in [5.74, 6) is -0.554. The van der Waals surface area contributed by atoms with Crippen LogP contribution in [0.1, 0.15) is 5.56 Å². The van der Waals surface area contributed by atoms with Crippen LogP contribution in [0.4, 0.5) is 5.69 Å². The molecule has 0 saturated heterocycles. The van der Waals surface area contributed by atoms with Crippen LogP contribution in [0, 0.1) is 0 Å². The van der Waals surface area contributed by atoms with Crippen molar-refractivity contribution in [2.24, 2.45) is 0 Å². The largest absolute Gasteiger partial charge is 0.332 e. The zero-order valence-electron chi connectivity index (χ0n) is 7.27. The minimum atomic E-state index is -0.554. The average Bonchev–Trinajstić information content (AvgIpc) is 2.26. The molecule has 0 spiro atoms. The Hall–Kier alpha value is -1.46. The van der Waals surface area contributed by atoms with Crippen molar-refractivity contribution in [3.63, 3.8) is 0 Å². The molecule has 4 nitrogen and oxygen atoms in total. The Balaban J connectivity index is 2.68. The molecule has 0 fully saturated rings. The molecule has 0 aromatic heterocycles. The number of anilines is 1.